The number of hydrogen-bond donors (Lipinski definition) is 0. The molecule has 0 aromatic carbocycles. The molecule has 0 fully saturated rings. The zero-order valence-electron chi connectivity index (χ0n) is 3.22. The van der Waals surface area contributed by atoms with Crippen molar-refractivity contribution in [3.05, 3.63) is 0 Å². The van der Waals surface area contributed by atoms with Gasteiger partial charge in [-0.2, -0.15) is 0 Å². The molecular formula is HCrLiMoO. The second-order valence-corrected chi connectivity index (χ2v) is 0. The third kappa shape index (κ3) is 9.47. The second-order valence-electron chi connectivity index (χ2n) is 0. The summed E-state index contributed by atoms with van der Waals surface area (Å²) in [5, 5.41) is 0. The van der Waals surface area contributed by atoms with E-state index >= 15 is 0 Å². The van der Waals surface area contributed by atoms with E-state index in [1.54, 1.807) is 0 Å². The molecule has 0 aliphatic heterocycles. The second kappa shape index (κ2) is 23.1. The Bertz CT molecular complexity index is 11.6. The molecule has 0 rings (SSSR count). The molecule has 0 aliphatic rings. The van der Waals surface area contributed by atoms with Gasteiger partial charge in [0.05, 0.1) is 0 Å². The Hall–Kier alpha value is 1.62. The van der Waals surface area contributed by atoms with Crippen LogP contribution in [0.2, 0.25) is 0 Å². The molecule has 0 aromatic rings. The fraction of sp³-hybridized carbons (Fsp3) is 0. The van der Waals surface area contributed by atoms with E-state index in [0.29, 0.717) is 0 Å². The average molecular weight is 172 g/mol. The first-order chi connectivity index (χ1) is 1.00. The molecule has 4 heavy (non-hydrogen) atoms. The molecule has 0 aromatic heterocycles. The Morgan fingerprint density at radius 3 is 1.50 bits per heavy atom. The first kappa shape index (κ1) is 17.5. The SMILES string of the molecule is [H-].[Li+].[Mo].[O]=[Cr]. The summed E-state index contributed by atoms with van der Waals surface area (Å²) in [5.74, 6) is 0. The Morgan fingerprint density at radius 2 is 1.50 bits per heavy atom. The molecule has 20 valence electrons. The number of hydrogen-bond acceptors (Lipinski definition) is 1. The molecule has 0 saturated carbocycles. The molecule has 4 heteroatoms. The summed E-state index contributed by atoms with van der Waals surface area (Å²) in [4.78, 5) is 0. The van der Waals surface area contributed by atoms with Gasteiger partial charge in [0.1, 0.15) is 0 Å². The molecule has 0 aliphatic carbocycles. The zero-order chi connectivity index (χ0) is 2.00. The van der Waals surface area contributed by atoms with E-state index in [9.17, 15) is 0 Å². The maximum atomic E-state index is 8.12. The standard InChI is InChI=1S/Cr.Li.Mo.O.H/q;+1;;;-1. The fourth-order valence-corrected chi connectivity index (χ4v) is 0. The van der Waals surface area contributed by atoms with Crippen molar-refractivity contribution in [3.63, 3.8) is 0 Å². The van der Waals surface area contributed by atoms with Gasteiger partial charge in [0, 0.05) is 21.1 Å². The van der Waals surface area contributed by atoms with E-state index in [-0.39, 0.29) is 41.4 Å². The van der Waals surface area contributed by atoms with Gasteiger partial charge in [0.2, 0.25) is 0 Å². The van der Waals surface area contributed by atoms with Crippen LogP contribution in [-0.2, 0) is 41.1 Å². The summed E-state index contributed by atoms with van der Waals surface area (Å²) in [6.45, 7) is 0. The van der Waals surface area contributed by atoms with Crippen molar-refractivity contribution in [2.45, 2.75) is 0 Å². The van der Waals surface area contributed by atoms with Crippen LogP contribution in [0.25, 0.3) is 0 Å². The van der Waals surface area contributed by atoms with E-state index in [1.165, 1.54) is 16.2 Å². The molecule has 0 radical (unpaired) electrons. The summed E-state index contributed by atoms with van der Waals surface area (Å²) in [6, 6.07) is 0. The third-order valence-electron chi connectivity index (χ3n) is 0. The van der Waals surface area contributed by atoms with E-state index in [0.717, 1.165) is 0 Å². The van der Waals surface area contributed by atoms with Crippen LogP contribution >= 0.6 is 0 Å². The van der Waals surface area contributed by atoms with Gasteiger partial charge >= 0.3 is 38.9 Å². The van der Waals surface area contributed by atoms with Crippen LogP contribution < -0.4 is 18.9 Å². The molecule has 0 N–H and O–H groups in total. The molecule has 0 bridgehead atoms. The Labute approximate surface area is 61.1 Å². The Kier molecular flexibility index (Phi) is 101. The summed E-state index contributed by atoms with van der Waals surface area (Å²) in [6.07, 6.45) is 0. The summed E-state index contributed by atoms with van der Waals surface area (Å²) >= 11 is 1.38. The first-order valence-electron chi connectivity index (χ1n) is 0.167. The quantitative estimate of drug-likeness (QED) is 0.355. The minimum absolute atomic E-state index is 0. The monoisotopic (exact) mass is 174 g/mol. The van der Waals surface area contributed by atoms with Crippen LogP contribution in [0.5, 0.6) is 0 Å². The van der Waals surface area contributed by atoms with Crippen molar-refractivity contribution < 1.29 is 61.4 Å². The molecule has 0 amide bonds. The van der Waals surface area contributed by atoms with Crippen LogP contribution in [0, 0.1) is 0 Å². The van der Waals surface area contributed by atoms with Crippen molar-refractivity contribution in [2.75, 3.05) is 0 Å². The molecule has 0 spiro atoms. The predicted molar refractivity (Wildman–Crippen MR) is 1.80 cm³/mol. The van der Waals surface area contributed by atoms with Crippen LogP contribution in [0.1, 0.15) is 1.43 Å². The normalized spacial score (nSPS) is 1.00. The minimum atomic E-state index is 0. The summed E-state index contributed by atoms with van der Waals surface area (Å²) in [5.41, 5.74) is 0. The van der Waals surface area contributed by atoms with Crippen LogP contribution in [0.4, 0.5) is 0 Å². The average Bonchev–Trinajstić information content (AvgIpc) is 1.00. The summed E-state index contributed by atoms with van der Waals surface area (Å²) < 4.78 is 8.12. The van der Waals surface area contributed by atoms with E-state index < -0.39 is 0 Å². The van der Waals surface area contributed by atoms with Crippen molar-refractivity contribution in [1.29, 1.82) is 0 Å². The van der Waals surface area contributed by atoms with Crippen LogP contribution in [-0.4, -0.2) is 0 Å². The van der Waals surface area contributed by atoms with Gasteiger partial charge in [0.25, 0.3) is 0 Å². The predicted octanol–water partition coefficient (Wildman–Crippen LogP) is -3.01. The maximum absolute atomic E-state index is 8.12. The van der Waals surface area contributed by atoms with Crippen molar-refractivity contribution in [2.24, 2.45) is 0 Å². The summed E-state index contributed by atoms with van der Waals surface area (Å²) in [7, 11) is 0. The molecule has 0 atom stereocenters. The molecule has 1 nitrogen and oxygen atoms in total. The third-order valence-corrected chi connectivity index (χ3v) is 0. The van der Waals surface area contributed by atoms with E-state index in [1.807, 2.05) is 0 Å². The molecule has 0 saturated heterocycles. The van der Waals surface area contributed by atoms with Gasteiger partial charge in [-0.3, -0.25) is 0 Å². The zero-order valence-corrected chi connectivity index (χ0v) is 5.51. The molecular weight excluding hydrogens is 171 g/mol. The fourth-order valence-electron chi connectivity index (χ4n) is 0. The molecule has 0 heterocycles. The number of rotatable bonds is 0. The van der Waals surface area contributed by atoms with E-state index in [2.05, 4.69) is 0 Å². The van der Waals surface area contributed by atoms with Crippen molar-refractivity contribution >= 4 is 0 Å². The Morgan fingerprint density at radius 1 is 1.50 bits per heavy atom. The van der Waals surface area contributed by atoms with Gasteiger partial charge in [-0.25, -0.2) is 0 Å². The van der Waals surface area contributed by atoms with Gasteiger partial charge in [0.15, 0.2) is 0 Å². The van der Waals surface area contributed by atoms with Gasteiger partial charge in [-0.05, 0) is 0 Å². The van der Waals surface area contributed by atoms with Gasteiger partial charge in [-0.1, -0.05) is 0 Å². The topological polar surface area (TPSA) is 17.1 Å². The Balaban J connectivity index is -0.00000000167. The molecule has 0 unspecified atom stereocenters. The van der Waals surface area contributed by atoms with Crippen molar-refractivity contribution in [3.8, 4) is 0 Å². The van der Waals surface area contributed by atoms with Crippen LogP contribution in [0.3, 0.4) is 0 Å². The first-order valence-corrected chi connectivity index (χ1v) is 0.687. The van der Waals surface area contributed by atoms with E-state index in [4.69, 9.17) is 3.80 Å². The van der Waals surface area contributed by atoms with Crippen molar-refractivity contribution in [1.82, 2.24) is 0 Å². The van der Waals surface area contributed by atoms with Gasteiger partial charge < -0.3 is 1.43 Å². The van der Waals surface area contributed by atoms with Gasteiger partial charge in [-0.15, -0.1) is 0 Å². The van der Waals surface area contributed by atoms with Crippen LogP contribution in [0.15, 0.2) is 0 Å².